The Morgan fingerprint density at radius 3 is 2.70 bits per heavy atom. The van der Waals surface area contributed by atoms with Crippen LogP contribution in [0.2, 0.25) is 0 Å². The van der Waals surface area contributed by atoms with Crippen molar-refractivity contribution < 1.29 is 13.2 Å². The Hall–Kier alpha value is -3.56. The van der Waals surface area contributed by atoms with Crippen molar-refractivity contribution in [2.24, 2.45) is 0 Å². The molecule has 0 amide bonds. The number of furan rings is 1. The smallest absolute Gasteiger partial charge is 0.261 e. The van der Waals surface area contributed by atoms with Crippen LogP contribution >= 0.6 is 0 Å². The fourth-order valence-corrected chi connectivity index (χ4v) is 3.80. The van der Waals surface area contributed by atoms with Crippen LogP contribution in [-0.2, 0) is 6.54 Å². The molecule has 10 heteroatoms. The summed E-state index contributed by atoms with van der Waals surface area (Å²) in [6, 6.07) is 7.18. The van der Waals surface area contributed by atoms with Crippen LogP contribution in [0.1, 0.15) is 0 Å². The number of halogens is 2. The number of benzene rings is 1. The Kier molecular flexibility index (Phi) is 4.53. The Labute approximate surface area is 169 Å². The molecule has 4 aromatic rings. The van der Waals surface area contributed by atoms with Crippen molar-refractivity contribution in [2.75, 3.05) is 36.0 Å². The van der Waals surface area contributed by atoms with Crippen molar-refractivity contribution in [2.45, 2.75) is 13.0 Å². The summed E-state index contributed by atoms with van der Waals surface area (Å²) in [7, 11) is 0. The first-order chi connectivity index (χ1) is 14.6. The van der Waals surface area contributed by atoms with Crippen molar-refractivity contribution in [3.63, 3.8) is 0 Å². The van der Waals surface area contributed by atoms with E-state index >= 15 is 0 Å². The first-order valence-electron chi connectivity index (χ1n) is 9.56. The van der Waals surface area contributed by atoms with E-state index in [1.807, 2.05) is 18.2 Å². The van der Waals surface area contributed by atoms with Crippen molar-refractivity contribution in [3.8, 4) is 0 Å². The molecule has 30 heavy (non-hydrogen) atoms. The standard InChI is InChI=1S/C20H18F2N6O2/c21-17(22)11-28-12-23-16-9-14(1-2-15(16)20(28)29)26-4-6-27(7-5-26)19-18-13(3-8-30-18)10-24-25-19/h1-3,8-10,12,17H,4-7,11H2. The van der Waals surface area contributed by atoms with Gasteiger partial charge in [-0.3, -0.25) is 9.36 Å². The van der Waals surface area contributed by atoms with Gasteiger partial charge in [0.25, 0.3) is 12.0 Å². The molecule has 0 saturated carbocycles. The highest BCUT2D eigenvalue weighted by Crippen LogP contribution is 2.27. The lowest BCUT2D eigenvalue weighted by atomic mass is 10.2. The van der Waals surface area contributed by atoms with Gasteiger partial charge < -0.3 is 14.2 Å². The third kappa shape index (κ3) is 3.23. The minimum absolute atomic E-state index is 0.334. The van der Waals surface area contributed by atoms with Crippen molar-refractivity contribution in [1.82, 2.24) is 19.7 Å². The highest BCUT2D eigenvalue weighted by Gasteiger charge is 2.22. The summed E-state index contributed by atoms with van der Waals surface area (Å²) in [4.78, 5) is 20.9. The second kappa shape index (κ2) is 7.36. The number of hydrogen-bond donors (Lipinski definition) is 0. The quantitative estimate of drug-likeness (QED) is 0.510. The van der Waals surface area contributed by atoms with E-state index in [2.05, 4.69) is 25.0 Å². The molecule has 0 unspecified atom stereocenters. The van der Waals surface area contributed by atoms with Crippen LogP contribution in [0, 0.1) is 0 Å². The maximum atomic E-state index is 12.6. The van der Waals surface area contributed by atoms with Gasteiger partial charge in [0.2, 0.25) is 0 Å². The average molecular weight is 412 g/mol. The summed E-state index contributed by atoms with van der Waals surface area (Å²) in [6.07, 6.45) is 1.89. The fraction of sp³-hybridized carbons (Fsp3) is 0.300. The topological polar surface area (TPSA) is 80.3 Å². The second-order valence-electron chi connectivity index (χ2n) is 7.14. The van der Waals surface area contributed by atoms with E-state index in [4.69, 9.17) is 4.42 Å². The van der Waals surface area contributed by atoms with E-state index in [0.717, 1.165) is 53.2 Å². The third-order valence-corrected chi connectivity index (χ3v) is 5.34. The number of fused-ring (bicyclic) bond motifs is 2. The molecule has 0 N–H and O–H groups in total. The normalized spacial score (nSPS) is 14.9. The van der Waals surface area contributed by atoms with Gasteiger partial charge in [-0.05, 0) is 24.3 Å². The van der Waals surface area contributed by atoms with Gasteiger partial charge in [0.05, 0.1) is 36.2 Å². The molecule has 154 valence electrons. The lowest BCUT2D eigenvalue weighted by Gasteiger charge is -2.36. The van der Waals surface area contributed by atoms with Gasteiger partial charge in [-0.15, -0.1) is 5.10 Å². The molecule has 1 aliphatic rings. The molecular weight excluding hydrogens is 394 g/mol. The van der Waals surface area contributed by atoms with Crippen LogP contribution < -0.4 is 15.4 Å². The zero-order valence-corrected chi connectivity index (χ0v) is 15.9. The molecule has 1 fully saturated rings. The molecule has 4 heterocycles. The van der Waals surface area contributed by atoms with Gasteiger partial charge in [0.1, 0.15) is 0 Å². The highest BCUT2D eigenvalue weighted by atomic mass is 19.3. The van der Waals surface area contributed by atoms with E-state index in [-0.39, 0.29) is 0 Å². The molecule has 5 rings (SSSR count). The van der Waals surface area contributed by atoms with Crippen molar-refractivity contribution >= 4 is 33.4 Å². The van der Waals surface area contributed by atoms with Crippen LogP contribution in [0.4, 0.5) is 20.3 Å². The molecule has 1 saturated heterocycles. The van der Waals surface area contributed by atoms with E-state index in [0.29, 0.717) is 10.9 Å². The maximum absolute atomic E-state index is 12.6. The monoisotopic (exact) mass is 412 g/mol. The summed E-state index contributed by atoms with van der Waals surface area (Å²) in [6.45, 7) is 2.29. The van der Waals surface area contributed by atoms with Gasteiger partial charge >= 0.3 is 0 Å². The minimum atomic E-state index is -2.60. The van der Waals surface area contributed by atoms with Crippen molar-refractivity contribution in [3.05, 3.63) is 53.4 Å². The predicted octanol–water partition coefficient (Wildman–Crippen LogP) is 2.52. The molecule has 0 aliphatic carbocycles. The lowest BCUT2D eigenvalue weighted by Crippen LogP contribution is -2.47. The Morgan fingerprint density at radius 1 is 1.10 bits per heavy atom. The van der Waals surface area contributed by atoms with Crippen molar-refractivity contribution in [1.29, 1.82) is 0 Å². The molecule has 1 aromatic carbocycles. The molecule has 0 atom stereocenters. The molecule has 0 spiro atoms. The van der Waals surface area contributed by atoms with Gasteiger partial charge in [-0.25, -0.2) is 13.8 Å². The number of aromatic nitrogens is 4. The van der Waals surface area contributed by atoms with E-state index in [1.54, 1.807) is 18.5 Å². The SMILES string of the molecule is O=c1c2ccc(N3CCN(c4nncc5ccoc45)CC3)cc2ncn1CC(F)F. The minimum Gasteiger partial charge on any atom is -0.460 e. The fourth-order valence-electron chi connectivity index (χ4n) is 3.80. The summed E-state index contributed by atoms with van der Waals surface area (Å²) in [5, 5.41) is 9.55. The number of anilines is 2. The summed E-state index contributed by atoms with van der Waals surface area (Å²) >= 11 is 0. The number of alkyl halides is 2. The molecule has 8 nitrogen and oxygen atoms in total. The van der Waals surface area contributed by atoms with Crippen LogP contribution in [0.15, 0.2) is 52.3 Å². The number of hydrogen-bond acceptors (Lipinski definition) is 7. The van der Waals surface area contributed by atoms with Crippen LogP contribution in [0.3, 0.4) is 0 Å². The highest BCUT2D eigenvalue weighted by molar-refractivity contribution is 5.86. The molecule has 1 aliphatic heterocycles. The van der Waals surface area contributed by atoms with E-state index < -0.39 is 18.5 Å². The van der Waals surface area contributed by atoms with Crippen LogP contribution in [-0.4, -0.2) is 52.4 Å². The summed E-state index contributed by atoms with van der Waals surface area (Å²) in [5.41, 5.74) is 1.70. The third-order valence-electron chi connectivity index (χ3n) is 5.34. The van der Waals surface area contributed by atoms with E-state index in [9.17, 15) is 13.6 Å². The molecular formula is C20H18F2N6O2. The Balaban J connectivity index is 1.36. The number of nitrogens with zero attached hydrogens (tertiary/aromatic N) is 6. The molecule has 0 bridgehead atoms. The largest absolute Gasteiger partial charge is 0.460 e. The summed E-state index contributed by atoms with van der Waals surface area (Å²) in [5.74, 6) is 0.733. The number of rotatable bonds is 4. The van der Waals surface area contributed by atoms with Gasteiger partial charge in [0.15, 0.2) is 11.4 Å². The first-order valence-corrected chi connectivity index (χ1v) is 9.56. The Morgan fingerprint density at radius 2 is 1.90 bits per heavy atom. The van der Waals surface area contributed by atoms with E-state index in [1.165, 1.54) is 6.33 Å². The number of piperazine rings is 1. The molecule has 3 aromatic heterocycles. The first kappa shape index (κ1) is 18.5. The molecule has 0 radical (unpaired) electrons. The Bertz CT molecular complexity index is 1260. The lowest BCUT2D eigenvalue weighted by molar-refractivity contribution is 0.125. The summed E-state index contributed by atoms with van der Waals surface area (Å²) < 4.78 is 31.7. The second-order valence-corrected chi connectivity index (χ2v) is 7.14. The maximum Gasteiger partial charge on any atom is 0.261 e. The zero-order chi connectivity index (χ0) is 20.7. The predicted molar refractivity (Wildman–Crippen MR) is 108 cm³/mol. The van der Waals surface area contributed by atoms with Crippen LogP contribution in [0.25, 0.3) is 21.9 Å². The van der Waals surface area contributed by atoms with Gasteiger partial charge in [-0.2, -0.15) is 5.10 Å². The van der Waals surface area contributed by atoms with Gasteiger partial charge in [0, 0.05) is 37.3 Å². The van der Waals surface area contributed by atoms with Gasteiger partial charge in [-0.1, -0.05) is 0 Å². The average Bonchev–Trinajstić information content (AvgIpc) is 3.24. The zero-order valence-electron chi connectivity index (χ0n) is 15.9. The van der Waals surface area contributed by atoms with Crippen LogP contribution in [0.5, 0.6) is 0 Å².